The Morgan fingerprint density at radius 1 is 1.43 bits per heavy atom. The lowest BCUT2D eigenvalue weighted by Gasteiger charge is -2.02. The topological polar surface area (TPSA) is 47.9 Å². The van der Waals surface area contributed by atoms with Gasteiger partial charge in [-0.15, -0.1) is 0 Å². The van der Waals surface area contributed by atoms with Gasteiger partial charge in [0.25, 0.3) is 0 Å². The lowest BCUT2D eigenvalue weighted by atomic mass is 10.2. The van der Waals surface area contributed by atoms with Crippen LogP contribution in [-0.2, 0) is 11.3 Å². The largest absolute Gasteiger partial charge is 0.453 e. The van der Waals surface area contributed by atoms with E-state index in [4.69, 9.17) is 21.1 Å². The van der Waals surface area contributed by atoms with Crippen molar-refractivity contribution in [2.45, 2.75) is 6.54 Å². The maximum absolute atomic E-state index is 9.96. The molecule has 4 nitrogen and oxygen atoms in total. The third kappa shape index (κ3) is 1.45. The average Bonchev–Trinajstić information content (AvgIpc) is 2.66. The van der Waals surface area contributed by atoms with Crippen molar-refractivity contribution in [3.05, 3.63) is 22.7 Å². The molecule has 5 heteroatoms. The first-order valence-electron chi connectivity index (χ1n) is 3.93. The van der Waals surface area contributed by atoms with Gasteiger partial charge in [-0.05, 0) is 6.07 Å². The third-order valence-electron chi connectivity index (χ3n) is 1.87. The molecule has 1 heterocycles. The van der Waals surface area contributed by atoms with E-state index in [1.165, 1.54) is 6.08 Å². The first-order valence-corrected chi connectivity index (χ1v) is 4.31. The summed E-state index contributed by atoms with van der Waals surface area (Å²) in [5.41, 5.74) is 0.769. The Morgan fingerprint density at radius 3 is 3.00 bits per heavy atom. The zero-order valence-electron chi connectivity index (χ0n) is 7.12. The molecule has 0 N–H and O–H groups in total. The monoisotopic (exact) mass is 211 g/mol. The Hall–Kier alpha value is -1.51. The second-order valence-electron chi connectivity index (χ2n) is 2.68. The van der Waals surface area contributed by atoms with Crippen LogP contribution in [0.2, 0.25) is 5.02 Å². The molecule has 1 aromatic rings. The van der Waals surface area contributed by atoms with E-state index in [1.54, 1.807) is 12.1 Å². The summed E-state index contributed by atoms with van der Waals surface area (Å²) in [5, 5.41) is 0.497. The summed E-state index contributed by atoms with van der Waals surface area (Å²) < 4.78 is 10.4. The Kier molecular flexibility index (Phi) is 2.39. The minimum Gasteiger partial charge on any atom is -0.453 e. The fourth-order valence-electron chi connectivity index (χ4n) is 1.26. The molecule has 0 atom stereocenters. The SMILES string of the molecule is O=C=NCc1ccc(Cl)c2c1OCO2. The molecule has 14 heavy (non-hydrogen) atoms. The number of isocyanates is 1. The number of rotatable bonds is 2. The molecule has 0 aliphatic carbocycles. The van der Waals surface area contributed by atoms with Crippen molar-refractivity contribution >= 4 is 17.7 Å². The van der Waals surface area contributed by atoms with E-state index in [0.717, 1.165) is 5.56 Å². The van der Waals surface area contributed by atoms with Gasteiger partial charge < -0.3 is 9.47 Å². The highest BCUT2D eigenvalue weighted by Gasteiger charge is 2.20. The van der Waals surface area contributed by atoms with E-state index < -0.39 is 0 Å². The summed E-state index contributed by atoms with van der Waals surface area (Å²) in [6.45, 7) is 0.378. The second-order valence-corrected chi connectivity index (χ2v) is 3.09. The third-order valence-corrected chi connectivity index (χ3v) is 2.16. The number of nitrogens with zero attached hydrogens (tertiary/aromatic N) is 1. The maximum atomic E-state index is 9.96. The van der Waals surface area contributed by atoms with Crippen LogP contribution in [-0.4, -0.2) is 12.9 Å². The summed E-state index contributed by atoms with van der Waals surface area (Å²) in [5.74, 6) is 1.08. The normalized spacial score (nSPS) is 12.4. The predicted octanol–water partition coefficient (Wildman–Crippen LogP) is 1.90. The Bertz CT molecular complexity index is 413. The highest BCUT2D eigenvalue weighted by molar-refractivity contribution is 6.32. The predicted molar refractivity (Wildman–Crippen MR) is 49.4 cm³/mol. The van der Waals surface area contributed by atoms with Crippen LogP contribution in [0.5, 0.6) is 11.5 Å². The average molecular weight is 212 g/mol. The van der Waals surface area contributed by atoms with E-state index in [0.29, 0.717) is 16.5 Å². The van der Waals surface area contributed by atoms with E-state index in [2.05, 4.69) is 4.99 Å². The first-order chi connectivity index (χ1) is 6.83. The van der Waals surface area contributed by atoms with Gasteiger partial charge in [0.05, 0.1) is 11.6 Å². The Balaban J connectivity index is 2.42. The van der Waals surface area contributed by atoms with Gasteiger partial charge in [0.15, 0.2) is 11.5 Å². The highest BCUT2D eigenvalue weighted by Crippen LogP contribution is 2.41. The number of aliphatic imine (C=N–C) groups is 1. The van der Waals surface area contributed by atoms with E-state index >= 15 is 0 Å². The van der Waals surface area contributed by atoms with Crippen LogP contribution >= 0.6 is 11.6 Å². The van der Waals surface area contributed by atoms with Gasteiger partial charge in [-0.1, -0.05) is 17.7 Å². The molecule has 0 saturated carbocycles. The smallest absolute Gasteiger partial charge is 0.235 e. The summed E-state index contributed by atoms with van der Waals surface area (Å²) in [6, 6.07) is 3.43. The fourth-order valence-corrected chi connectivity index (χ4v) is 1.46. The van der Waals surface area contributed by atoms with E-state index in [-0.39, 0.29) is 13.3 Å². The lowest BCUT2D eigenvalue weighted by molar-refractivity contribution is 0.173. The van der Waals surface area contributed by atoms with Gasteiger partial charge >= 0.3 is 0 Å². The molecule has 1 aromatic carbocycles. The number of carbonyl (C=O) groups excluding carboxylic acids is 1. The van der Waals surface area contributed by atoms with Gasteiger partial charge in [0.2, 0.25) is 12.9 Å². The number of ether oxygens (including phenoxy) is 2. The molecule has 72 valence electrons. The molecule has 0 bridgehead atoms. The molecular weight excluding hydrogens is 206 g/mol. The van der Waals surface area contributed by atoms with Crippen molar-refractivity contribution in [3.63, 3.8) is 0 Å². The molecule has 1 aliphatic rings. The fraction of sp³-hybridized carbons (Fsp3) is 0.222. The molecule has 2 rings (SSSR count). The van der Waals surface area contributed by atoms with E-state index in [9.17, 15) is 4.79 Å². The lowest BCUT2D eigenvalue weighted by Crippen LogP contribution is -1.94. The van der Waals surface area contributed by atoms with Crippen LogP contribution < -0.4 is 9.47 Å². The van der Waals surface area contributed by atoms with Crippen molar-refractivity contribution in [3.8, 4) is 11.5 Å². The van der Waals surface area contributed by atoms with Crippen LogP contribution in [0.3, 0.4) is 0 Å². The van der Waals surface area contributed by atoms with Crippen molar-refractivity contribution in [2.75, 3.05) is 6.79 Å². The molecule has 0 amide bonds. The number of halogens is 1. The zero-order chi connectivity index (χ0) is 9.97. The first kappa shape index (κ1) is 9.06. The van der Waals surface area contributed by atoms with Crippen LogP contribution in [0.15, 0.2) is 17.1 Å². The van der Waals surface area contributed by atoms with E-state index in [1.807, 2.05) is 0 Å². The maximum Gasteiger partial charge on any atom is 0.235 e. The van der Waals surface area contributed by atoms with Gasteiger partial charge in [0, 0.05) is 5.56 Å². The molecule has 0 radical (unpaired) electrons. The summed E-state index contributed by atoms with van der Waals surface area (Å²) in [4.78, 5) is 13.4. The Morgan fingerprint density at radius 2 is 2.21 bits per heavy atom. The van der Waals surface area contributed by atoms with Crippen LogP contribution in [0.25, 0.3) is 0 Å². The van der Waals surface area contributed by atoms with Crippen LogP contribution in [0.1, 0.15) is 5.56 Å². The molecule has 0 saturated heterocycles. The van der Waals surface area contributed by atoms with Crippen molar-refractivity contribution in [2.24, 2.45) is 4.99 Å². The summed E-state index contributed by atoms with van der Waals surface area (Å²) in [7, 11) is 0. The number of hydrogen-bond donors (Lipinski definition) is 0. The van der Waals surface area contributed by atoms with Crippen molar-refractivity contribution < 1.29 is 14.3 Å². The number of hydrogen-bond acceptors (Lipinski definition) is 4. The highest BCUT2D eigenvalue weighted by atomic mass is 35.5. The molecule has 0 aromatic heterocycles. The molecule has 0 fully saturated rings. The summed E-state index contributed by atoms with van der Waals surface area (Å²) >= 11 is 5.86. The molecule has 0 unspecified atom stereocenters. The van der Waals surface area contributed by atoms with Gasteiger partial charge in [-0.25, -0.2) is 9.79 Å². The van der Waals surface area contributed by atoms with Gasteiger partial charge in [-0.3, -0.25) is 0 Å². The van der Waals surface area contributed by atoms with Crippen molar-refractivity contribution in [1.29, 1.82) is 0 Å². The van der Waals surface area contributed by atoms with Gasteiger partial charge in [-0.2, -0.15) is 0 Å². The van der Waals surface area contributed by atoms with Crippen molar-refractivity contribution in [1.82, 2.24) is 0 Å². The quantitative estimate of drug-likeness (QED) is 0.555. The Labute approximate surface area is 85.1 Å². The number of fused-ring (bicyclic) bond motifs is 1. The second kappa shape index (κ2) is 3.70. The molecule has 0 spiro atoms. The molecular formula is C9H6ClNO3. The molecule has 1 aliphatic heterocycles. The van der Waals surface area contributed by atoms with Gasteiger partial charge in [0.1, 0.15) is 0 Å². The standard InChI is InChI=1S/C9H6ClNO3/c10-7-2-1-6(3-11-4-12)8-9(7)14-5-13-8/h1-2H,3,5H2. The summed E-state index contributed by atoms with van der Waals surface area (Å²) in [6.07, 6.45) is 1.47. The minimum absolute atomic E-state index is 0.150. The van der Waals surface area contributed by atoms with Crippen LogP contribution in [0.4, 0.5) is 0 Å². The van der Waals surface area contributed by atoms with Crippen LogP contribution in [0, 0.1) is 0 Å². The zero-order valence-corrected chi connectivity index (χ0v) is 7.87. The number of benzene rings is 1. The minimum atomic E-state index is 0.150.